The molecule has 0 amide bonds. The van der Waals surface area contributed by atoms with E-state index in [0.29, 0.717) is 19.3 Å². The monoisotopic (exact) mass is 356 g/mol. The zero-order chi connectivity index (χ0) is 18.7. The summed E-state index contributed by atoms with van der Waals surface area (Å²) in [5.41, 5.74) is 0. The Hall–Kier alpha value is -0.940. The first-order valence-corrected chi connectivity index (χ1v) is 10.1. The van der Waals surface area contributed by atoms with Crippen LogP contribution < -0.4 is 0 Å². The number of carbonyl (C=O) groups excluding carboxylic acids is 1. The molecule has 1 rings (SSSR count). The summed E-state index contributed by atoms with van der Waals surface area (Å²) < 4.78 is 0. The molecule has 25 heavy (non-hydrogen) atoms. The van der Waals surface area contributed by atoms with Gasteiger partial charge in [-0.2, -0.15) is 0 Å². The van der Waals surface area contributed by atoms with Crippen LogP contribution in [-0.2, 0) is 9.59 Å². The Labute approximate surface area is 151 Å². The fourth-order valence-electron chi connectivity index (χ4n) is 3.94. The molecule has 0 aromatic carbocycles. The number of carboxylic acid groups (broad SMARTS) is 1. The Balaban J connectivity index is 2.30. The number of Topliss-reactive ketones (excluding diaryl/α,β-unsaturated/α-hetero) is 1. The maximum absolute atomic E-state index is 12.2. The van der Waals surface area contributed by atoms with E-state index in [1.54, 1.807) is 0 Å². The van der Waals surface area contributed by atoms with Crippen molar-refractivity contribution in [1.82, 2.24) is 0 Å². The van der Waals surface area contributed by atoms with Crippen LogP contribution in [0.4, 0.5) is 0 Å². The van der Waals surface area contributed by atoms with Gasteiger partial charge in [-0.25, -0.2) is 0 Å². The van der Waals surface area contributed by atoms with Gasteiger partial charge in [-0.3, -0.25) is 9.59 Å². The first-order valence-electron chi connectivity index (χ1n) is 10.1. The van der Waals surface area contributed by atoms with Crippen LogP contribution in [0.2, 0.25) is 0 Å². The Morgan fingerprint density at radius 2 is 1.80 bits per heavy atom. The van der Waals surface area contributed by atoms with E-state index in [4.69, 9.17) is 5.11 Å². The van der Waals surface area contributed by atoms with Crippen LogP contribution in [0, 0.1) is 11.8 Å². The molecule has 0 radical (unpaired) electrons. The molecule has 146 valence electrons. The number of unbranched alkanes of at least 4 members (excludes halogenated alkanes) is 5. The minimum Gasteiger partial charge on any atom is -0.481 e. The highest BCUT2D eigenvalue weighted by Crippen LogP contribution is 2.36. The van der Waals surface area contributed by atoms with E-state index < -0.39 is 12.1 Å². The highest BCUT2D eigenvalue weighted by molar-refractivity contribution is 5.84. The van der Waals surface area contributed by atoms with Gasteiger partial charge in [-0.1, -0.05) is 45.4 Å². The summed E-state index contributed by atoms with van der Waals surface area (Å²) in [6, 6.07) is 0. The number of rotatable bonds is 14. The Morgan fingerprint density at radius 1 is 1.08 bits per heavy atom. The lowest BCUT2D eigenvalue weighted by molar-refractivity contribution is -0.137. The quantitative estimate of drug-likeness (QED) is 0.413. The maximum atomic E-state index is 12.2. The van der Waals surface area contributed by atoms with Crippen molar-refractivity contribution in [3.63, 3.8) is 0 Å². The molecule has 1 unspecified atom stereocenters. The molecule has 0 aliphatic heterocycles. The normalized spacial score (nSPS) is 24.6. The summed E-state index contributed by atoms with van der Waals surface area (Å²) in [6.07, 6.45) is 9.21. The molecule has 3 N–H and O–H groups in total. The predicted molar refractivity (Wildman–Crippen MR) is 97.3 cm³/mol. The number of aliphatic carboxylic acids is 1. The zero-order valence-corrected chi connectivity index (χ0v) is 15.7. The molecule has 1 saturated carbocycles. The van der Waals surface area contributed by atoms with Crippen LogP contribution in [0.3, 0.4) is 0 Å². The molecule has 1 fully saturated rings. The lowest BCUT2D eigenvalue weighted by Crippen LogP contribution is -2.22. The summed E-state index contributed by atoms with van der Waals surface area (Å²) in [5, 5.41) is 28.9. The first-order chi connectivity index (χ1) is 12.0. The van der Waals surface area contributed by atoms with E-state index in [-0.39, 0.29) is 36.6 Å². The molecular formula is C20H36O5. The molecule has 0 bridgehead atoms. The van der Waals surface area contributed by atoms with E-state index >= 15 is 0 Å². The van der Waals surface area contributed by atoms with Crippen LogP contribution in [-0.4, -0.2) is 39.3 Å². The standard InChI is InChI=1S/C20H36O5/c1-2-3-6-9-15(21)12-13-17-16(18(22)14-19(17)23)10-7-4-5-8-11-20(24)25/h15-17,19,21,23H,2-14H2,1H3,(H,24,25)/t15-,16?,17-,19-/m1/s1. The van der Waals surface area contributed by atoms with Gasteiger partial charge in [0.2, 0.25) is 0 Å². The van der Waals surface area contributed by atoms with E-state index in [9.17, 15) is 19.8 Å². The van der Waals surface area contributed by atoms with Gasteiger partial charge in [0.05, 0.1) is 12.2 Å². The first kappa shape index (κ1) is 22.1. The highest BCUT2D eigenvalue weighted by Gasteiger charge is 2.40. The second-order valence-corrected chi connectivity index (χ2v) is 7.58. The summed E-state index contributed by atoms with van der Waals surface area (Å²) in [5.74, 6) is -0.708. The molecule has 5 heteroatoms. The minimum absolute atomic E-state index is 0.0210. The summed E-state index contributed by atoms with van der Waals surface area (Å²) in [4.78, 5) is 22.6. The van der Waals surface area contributed by atoms with Gasteiger partial charge in [-0.15, -0.1) is 0 Å². The maximum Gasteiger partial charge on any atom is 0.303 e. The number of carboxylic acids is 1. The Kier molecular flexibility index (Phi) is 11.0. The second kappa shape index (κ2) is 12.4. The van der Waals surface area contributed by atoms with Crippen LogP contribution >= 0.6 is 0 Å². The van der Waals surface area contributed by atoms with Crippen LogP contribution in [0.15, 0.2) is 0 Å². The molecule has 0 aromatic rings. The number of hydrogen-bond donors (Lipinski definition) is 3. The van der Waals surface area contributed by atoms with Crippen molar-refractivity contribution in [1.29, 1.82) is 0 Å². The average molecular weight is 357 g/mol. The van der Waals surface area contributed by atoms with E-state index in [1.807, 2.05) is 0 Å². The fourth-order valence-corrected chi connectivity index (χ4v) is 3.94. The van der Waals surface area contributed by atoms with Gasteiger partial charge >= 0.3 is 5.97 Å². The van der Waals surface area contributed by atoms with E-state index in [0.717, 1.165) is 51.4 Å². The largest absolute Gasteiger partial charge is 0.481 e. The van der Waals surface area contributed by atoms with Crippen molar-refractivity contribution < 1.29 is 24.9 Å². The molecule has 4 atom stereocenters. The second-order valence-electron chi connectivity index (χ2n) is 7.58. The highest BCUT2D eigenvalue weighted by atomic mass is 16.4. The topological polar surface area (TPSA) is 94.8 Å². The molecule has 0 saturated heterocycles. The third kappa shape index (κ3) is 8.82. The summed E-state index contributed by atoms with van der Waals surface area (Å²) in [6.45, 7) is 2.14. The molecule has 0 spiro atoms. The van der Waals surface area contributed by atoms with Gasteiger partial charge < -0.3 is 15.3 Å². The number of hydrogen-bond acceptors (Lipinski definition) is 4. The predicted octanol–water partition coefficient (Wildman–Crippen LogP) is 3.70. The summed E-state index contributed by atoms with van der Waals surface area (Å²) >= 11 is 0. The molecule has 1 aliphatic carbocycles. The van der Waals surface area contributed by atoms with Crippen molar-refractivity contribution in [3.05, 3.63) is 0 Å². The van der Waals surface area contributed by atoms with Crippen molar-refractivity contribution >= 4 is 11.8 Å². The van der Waals surface area contributed by atoms with Crippen molar-refractivity contribution in [3.8, 4) is 0 Å². The van der Waals surface area contributed by atoms with Crippen molar-refractivity contribution in [2.45, 2.75) is 103 Å². The number of ketones is 1. The molecule has 0 aromatic heterocycles. The van der Waals surface area contributed by atoms with Gasteiger partial charge in [0.1, 0.15) is 5.78 Å². The fraction of sp³-hybridized carbons (Fsp3) is 0.900. The molecular weight excluding hydrogens is 320 g/mol. The Morgan fingerprint density at radius 3 is 2.48 bits per heavy atom. The Bertz CT molecular complexity index is 396. The van der Waals surface area contributed by atoms with Crippen molar-refractivity contribution in [2.75, 3.05) is 0 Å². The molecule has 0 heterocycles. The van der Waals surface area contributed by atoms with Crippen LogP contribution in [0.25, 0.3) is 0 Å². The van der Waals surface area contributed by atoms with Crippen LogP contribution in [0.1, 0.15) is 90.4 Å². The lowest BCUT2D eigenvalue weighted by atomic mass is 9.85. The zero-order valence-electron chi connectivity index (χ0n) is 15.7. The third-order valence-corrected chi connectivity index (χ3v) is 5.46. The van der Waals surface area contributed by atoms with E-state index in [2.05, 4.69) is 6.92 Å². The summed E-state index contributed by atoms with van der Waals surface area (Å²) in [7, 11) is 0. The SMILES string of the molecule is CCCCC[C@@H](O)CC[C@@H]1C(CCCCCCC(=O)O)C(=O)C[C@H]1O. The van der Waals surface area contributed by atoms with Crippen molar-refractivity contribution in [2.24, 2.45) is 11.8 Å². The number of aliphatic hydroxyl groups excluding tert-OH is 2. The average Bonchev–Trinajstić information content (AvgIpc) is 2.82. The van der Waals surface area contributed by atoms with Crippen LogP contribution in [0.5, 0.6) is 0 Å². The smallest absolute Gasteiger partial charge is 0.303 e. The minimum atomic E-state index is -0.758. The van der Waals surface area contributed by atoms with E-state index in [1.165, 1.54) is 0 Å². The van der Waals surface area contributed by atoms with Gasteiger partial charge in [0, 0.05) is 18.8 Å². The lowest BCUT2D eigenvalue weighted by Gasteiger charge is -2.22. The number of carbonyl (C=O) groups is 2. The molecule has 5 nitrogen and oxygen atoms in total. The van der Waals surface area contributed by atoms with Gasteiger partial charge in [0.25, 0.3) is 0 Å². The van der Waals surface area contributed by atoms with Gasteiger partial charge in [0.15, 0.2) is 0 Å². The van der Waals surface area contributed by atoms with Gasteiger partial charge in [-0.05, 0) is 38.0 Å². The molecule has 1 aliphatic rings. The third-order valence-electron chi connectivity index (χ3n) is 5.46. The number of aliphatic hydroxyl groups is 2.